The molecule has 0 spiro atoms. The maximum Gasteiger partial charge on any atom is 0.416 e. The van der Waals surface area contributed by atoms with Crippen LogP contribution in [-0.2, 0) is 22.1 Å². The third-order valence-electron chi connectivity index (χ3n) is 3.00. The van der Waals surface area contributed by atoms with Crippen molar-refractivity contribution < 1.29 is 22.6 Å². The molecule has 0 saturated heterocycles. The highest BCUT2D eigenvalue weighted by molar-refractivity contribution is 5.25. The van der Waals surface area contributed by atoms with Crippen molar-refractivity contribution >= 4 is 0 Å². The summed E-state index contributed by atoms with van der Waals surface area (Å²) in [4.78, 5) is 0. The molecule has 0 saturated carbocycles. The lowest BCUT2D eigenvalue weighted by Crippen LogP contribution is -2.43. The molecule has 1 rings (SSSR count). The predicted octanol–water partition coefficient (Wildman–Crippen LogP) is 2.84. The van der Waals surface area contributed by atoms with Crippen LogP contribution in [0, 0.1) is 0 Å². The molecule has 0 fully saturated rings. The molecule has 20 heavy (non-hydrogen) atoms. The number of nitrogens with one attached hydrogen (secondary N) is 1. The summed E-state index contributed by atoms with van der Waals surface area (Å²) < 4.78 is 47.9. The van der Waals surface area contributed by atoms with Gasteiger partial charge in [-0.15, -0.1) is 0 Å². The summed E-state index contributed by atoms with van der Waals surface area (Å²) in [6, 6.07) is 5.03. The Morgan fingerprint density at radius 3 is 2.05 bits per heavy atom. The quantitative estimate of drug-likeness (QED) is 0.784. The third kappa shape index (κ3) is 4.77. The van der Waals surface area contributed by atoms with Crippen molar-refractivity contribution in [2.75, 3.05) is 20.8 Å². The first-order valence-electron chi connectivity index (χ1n) is 6.37. The maximum atomic E-state index is 12.5. The molecular formula is C14H20F3NO2. The number of benzene rings is 1. The minimum absolute atomic E-state index is 0.119. The van der Waals surface area contributed by atoms with Crippen LogP contribution < -0.4 is 5.32 Å². The molecule has 1 unspecified atom stereocenters. The SMILES string of the molecule is CCNC(Cc1ccc(C(F)(F)F)cc1)C(OC)OC. The fourth-order valence-electron chi connectivity index (χ4n) is 2.04. The van der Waals surface area contributed by atoms with Crippen molar-refractivity contribution in [1.29, 1.82) is 0 Å². The van der Waals surface area contributed by atoms with E-state index in [1.807, 2.05) is 6.92 Å². The summed E-state index contributed by atoms with van der Waals surface area (Å²) in [6.07, 6.45) is -4.23. The predicted molar refractivity (Wildman–Crippen MR) is 70.4 cm³/mol. The third-order valence-corrected chi connectivity index (χ3v) is 3.00. The van der Waals surface area contributed by atoms with Gasteiger partial charge in [-0.25, -0.2) is 0 Å². The highest BCUT2D eigenvalue weighted by Crippen LogP contribution is 2.29. The summed E-state index contributed by atoms with van der Waals surface area (Å²) in [6.45, 7) is 2.66. The van der Waals surface area contributed by atoms with E-state index in [0.29, 0.717) is 13.0 Å². The van der Waals surface area contributed by atoms with Gasteiger partial charge in [0.15, 0.2) is 6.29 Å². The smallest absolute Gasteiger partial charge is 0.354 e. The Hall–Kier alpha value is -1.11. The van der Waals surface area contributed by atoms with Gasteiger partial charge in [-0.1, -0.05) is 19.1 Å². The highest BCUT2D eigenvalue weighted by Gasteiger charge is 2.30. The molecule has 0 aliphatic carbocycles. The van der Waals surface area contributed by atoms with E-state index in [9.17, 15) is 13.2 Å². The number of alkyl halides is 3. The summed E-state index contributed by atoms with van der Waals surface area (Å²) >= 11 is 0. The Morgan fingerprint density at radius 2 is 1.65 bits per heavy atom. The Labute approximate surface area is 117 Å². The van der Waals surface area contributed by atoms with Crippen molar-refractivity contribution in [2.24, 2.45) is 0 Å². The van der Waals surface area contributed by atoms with E-state index in [0.717, 1.165) is 17.7 Å². The van der Waals surface area contributed by atoms with E-state index in [4.69, 9.17) is 9.47 Å². The van der Waals surface area contributed by atoms with Crippen LogP contribution >= 0.6 is 0 Å². The van der Waals surface area contributed by atoms with E-state index in [-0.39, 0.29) is 6.04 Å². The molecule has 0 radical (unpaired) electrons. The van der Waals surface area contributed by atoms with Gasteiger partial charge in [0.05, 0.1) is 11.6 Å². The van der Waals surface area contributed by atoms with Gasteiger partial charge in [0.1, 0.15) is 0 Å². The molecule has 1 N–H and O–H groups in total. The lowest BCUT2D eigenvalue weighted by molar-refractivity contribution is -0.137. The Morgan fingerprint density at radius 1 is 1.10 bits per heavy atom. The minimum Gasteiger partial charge on any atom is -0.354 e. The standard InChI is InChI=1S/C14H20F3NO2/c1-4-18-12(13(19-2)20-3)9-10-5-7-11(8-6-10)14(15,16)17/h5-8,12-13,18H,4,9H2,1-3H3. The zero-order valence-corrected chi connectivity index (χ0v) is 11.8. The molecule has 1 atom stereocenters. The first-order chi connectivity index (χ1) is 9.42. The van der Waals surface area contributed by atoms with Crippen LogP contribution in [0.2, 0.25) is 0 Å². The van der Waals surface area contributed by atoms with Crippen molar-refractivity contribution in [3.63, 3.8) is 0 Å². The van der Waals surface area contributed by atoms with E-state index < -0.39 is 18.0 Å². The summed E-state index contributed by atoms with van der Waals surface area (Å²) in [5, 5.41) is 3.21. The second-order valence-corrected chi connectivity index (χ2v) is 4.40. The molecule has 1 aromatic carbocycles. The molecule has 0 heterocycles. The zero-order valence-electron chi connectivity index (χ0n) is 11.8. The monoisotopic (exact) mass is 291 g/mol. The molecule has 0 amide bonds. The number of hydrogen-bond donors (Lipinski definition) is 1. The molecule has 114 valence electrons. The van der Waals surface area contributed by atoms with Gasteiger partial charge < -0.3 is 14.8 Å². The normalized spacial score (nSPS) is 13.8. The lowest BCUT2D eigenvalue weighted by Gasteiger charge is -2.25. The molecular weight excluding hydrogens is 271 g/mol. The van der Waals surface area contributed by atoms with Gasteiger partial charge in [0.25, 0.3) is 0 Å². The van der Waals surface area contributed by atoms with E-state index >= 15 is 0 Å². The number of methoxy groups -OCH3 is 2. The number of halogens is 3. The number of rotatable bonds is 7. The molecule has 0 aliphatic heterocycles. The fraction of sp³-hybridized carbons (Fsp3) is 0.571. The van der Waals surface area contributed by atoms with Gasteiger partial charge in [0.2, 0.25) is 0 Å². The molecule has 0 aliphatic rings. The van der Waals surface area contributed by atoms with E-state index in [1.165, 1.54) is 26.4 Å². The highest BCUT2D eigenvalue weighted by atomic mass is 19.4. The summed E-state index contributed by atoms with van der Waals surface area (Å²) in [7, 11) is 3.07. The Bertz CT molecular complexity index is 388. The van der Waals surface area contributed by atoms with Crippen LogP contribution in [0.5, 0.6) is 0 Å². The van der Waals surface area contributed by atoms with Crippen LogP contribution in [-0.4, -0.2) is 33.1 Å². The van der Waals surface area contributed by atoms with Crippen LogP contribution in [0.25, 0.3) is 0 Å². The van der Waals surface area contributed by atoms with Gasteiger partial charge >= 0.3 is 6.18 Å². The Kier molecular flexibility index (Phi) is 6.45. The topological polar surface area (TPSA) is 30.5 Å². The largest absolute Gasteiger partial charge is 0.416 e. The molecule has 6 heteroatoms. The molecule has 3 nitrogen and oxygen atoms in total. The molecule has 0 bridgehead atoms. The molecule has 1 aromatic rings. The average molecular weight is 291 g/mol. The van der Waals surface area contributed by atoms with Crippen molar-refractivity contribution in [1.82, 2.24) is 5.32 Å². The average Bonchev–Trinajstić information content (AvgIpc) is 2.40. The van der Waals surface area contributed by atoms with Gasteiger partial charge in [-0.05, 0) is 30.7 Å². The van der Waals surface area contributed by atoms with E-state index in [2.05, 4.69) is 5.32 Å². The van der Waals surface area contributed by atoms with Crippen molar-refractivity contribution in [3.8, 4) is 0 Å². The first-order valence-corrected chi connectivity index (χ1v) is 6.37. The van der Waals surface area contributed by atoms with Crippen LogP contribution in [0.1, 0.15) is 18.1 Å². The van der Waals surface area contributed by atoms with Gasteiger partial charge in [0, 0.05) is 14.2 Å². The molecule has 0 aromatic heterocycles. The van der Waals surface area contributed by atoms with Gasteiger partial charge in [-0.2, -0.15) is 13.2 Å². The van der Waals surface area contributed by atoms with Crippen LogP contribution in [0.15, 0.2) is 24.3 Å². The number of hydrogen-bond acceptors (Lipinski definition) is 3. The lowest BCUT2D eigenvalue weighted by atomic mass is 10.0. The fourth-order valence-corrected chi connectivity index (χ4v) is 2.04. The number of likely N-dealkylation sites (N-methyl/N-ethyl adjacent to an activating group) is 1. The van der Waals surface area contributed by atoms with Crippen molar-refractivity contribution in [2.45, 2.75) is 31.9 Å². The summed E-state index contributed by atoms with van der Waals surface area (Å²) in [5.41, 5.74) is 0.152. The minimum atomic E-state index is -4.30. The summed E-state index contributed by atoms with van der Waals surface area (Å²) in [5.74, 6) is 0. The number of ether oxygens (including phenoxy) is 2. The van der Waals surface area contributed by atoms with Gasteiger partial charge in [-0.3, -0.25) is 0 Å². The first kappa shape index (κ1) is 16.9. The second-order valence-electron chi connectivity index (χ2n) is 4.40. The Balaban J connectivity index is 2.78. The van der Waals surface area contributed by atoms with Crippen LogP contribution in [0.4, 0.5) is 13.2 Å². The van der Waals surface area contributed by atoms with Crippen LogP contribution in [0.3, 0.4) is 0 Å². The van der Waals surface area contributed by atoms with E-state index in [1.54, 1.807) is 0 Å². The maximum absolute atomic E-state index is 12.5. The second kappa shape index (κ2) is 7.61. The zero-order chi connectivity index (χ0) is 15.2. The van der Waals surface area contributed by atoms with Crippen molar-refractivity contribution in [3.05, 3.63) is 35.4 Å².